The fourth-order valence-electron chi connectivity index (χ4n) is 5.37. The first-order valence-corrected chi connectivity index (χ1v) is 15.8. The maximum Gasteiger partial charge on any atom is 0.261 e. The van der Waals surface area contributed by atoms with Crippen molar-refractivity contribution in [2.75, 3.05) is 20.8 Å². The highest BCUT2D eigenvalue weighted by Crippen LogP contribution is 2.51. The van der Waals surface area contributed by atoms with Crippen molar-refractivity contribution in [3.8, 4) is 0 Å². The van der Waals surface area contributed by atoms with Crippen LogP contribution in [0.1, 0.15) is 48.0 Å². The zero-order valence-corrected chi connectivity index (χ0v) is 25.3. The van der Waals surface area contributed by atoms with Crippen LogP contribution in [-0.2, 0) is 18.3 Å². The summed E-state index contributed by atoms with van der Waals surface area (Å²) in [6.07, 6.45) is 0.752. The molecule has 0 saturated heterocycles. The largest absolute Gasteiger partial charge is 0.552 e. The van der Waals surface area contributed by atoms with Crippen molar-refractivity contribution in [1.82, 2.24) is 0 Å². The predicted octanol–water partition coefficient (Wildman–Crippen LogP) is 5.02. The molecule has 0 heterocycles. The van der Waals surface area contributed by atoms with Crippen LogP contribution in [0.25, 0.3) is 0 Å². The third-order valence-electron chi connectivity index (χ3n) is 7.15. The SMILES string of the molecule is C=C(O[SiH2]C(C)(C)C)[C@@H]1[C@@H](CO[Si](c2ccccc2)(c2ccccc2)C(C)(C)C)CC1(OC)OC. The topological polar surface area (TPSA) is 36.9 Å². The van der Waals surface area contributed by atoms with Crippen molar-refractivity contribution >= 4 is 28.5 Å². The molecule has 0 bridgehead atoms. The maximum absolute atomic E-state index is 7.22. The molecule has 4 nitrogen and oxygen atoms in total. The van der Waals surface area contributed by atoms with E-state index in [1.807, 2.05) is 0 Å². The Bertz CT molecular complexity index is 920. The van der Waals surface area contributed by atoms with Crippen LogP contribution < -0.4 is 10.4 Å². The summed E-state index contributed by atoms with van der Waals surface area (Å²) in [5, 5.41) is 2.68. The lowest BCUT2D eigenvalue weighted by molar-refractivity contribution is -0.308. The minimum Gasteiger partial charge on any atom is -0.552 e. The molecule has 0 amide bonds. The van der Waals surface area contributed by atoms with Crippen LogP contribution in [0.15, 0.2) is 73.0 Å². The first-order valence-electron chi connectivity index (χ1n) is 12.6. The molecule has 1 aliphatic carbocycles. The smallest absolute Gasteiger partial charge is 0.261 e. The molecule has 35 heavy (non-hydrogen) atoms. The van der Waals surface area contributed by atoms with Crippen LogP contribution in [0, 0.1) is 11.8 Å². The van der Waals surface area contributed by atoms with Crippen LogP contribution in [-0.4, -0.2) is 44.7 Å². The van der Waals surface area contributed by atoms with Gasteiger partial charge in [0.25, 0.3) is 8.32 Å². The van der Waals surface area contributed by atoms with Gasteiger partial charge in [-0.15, -0.1) is 0 Å². The third-order valence-corrected chi connectivity index (χ3v) is 13.5. The van der Waals surface area contributed by atoms with Gasteiger partial charge in [0.15, 0.2) is 5.79 Å². The van der Waals surface area contributed by atoms with Crippen molar-refractivity contribution in [1.29, 1.82) is 0 Å². The van der Waals surface area contributed by atoms with Gasteiger partial charge in [-0.05, 0) is 20.4 Å². The lowest BCUT2D eigenvalue weighted by Crippen LogP contribution is -2.68. The summed E-state index contributed by atoms with van der Waals surface area (Å²) in [5.41, 5.74) is 0. The van der Waals surface area contributed by atoms with Crippen LogP contribution in [0.5, 0.6) is 0 Å². The van der Waals surface area contributed by atoms with E-state index in [0.717, 1.165) is 12.2 Å². The standard InChI is InChI=1S/C29H44O4Si2/c1-22(33-34-27(2,3)4)26-23(20-29(26,30-8)31-9)21-32-35(28(5,6)7,24-16-12-10-13-17-24)25-18-14-11-15-19-25/h10-19,23,26H,1,20-21,34H2,2-9H3/t23-,26-/m1/s1. The molecular formula is C29H44O4Si2. The Hall–Kier alpha value is -1.71. The van der Waals surface area contributed by atoms with Crippen LogP contribution >= 0.6 is 0 Å². The van der Waals surface area contributed by atoms with E-state index in [1.165, 1.54) is 10.4 Å². The summed E-state index contributed by atoms with van der Waals surface area (Å²) < 4.78 is 25.3. The van der Waals surface area contributed by atoms with E-state index >= 15 is 0 Å². The lowest BCUT2D eigenvalue weighted by Gasteiger charge is -2.54. The molecule has 1 saturated carbocycles. The minimum absolute atomic E-state index is 0.0643. The highest BCUT2D eigenvalue weighted by molar-refractivity contribution is 6.99. The highest BCUT2D eigenvalue weighted by atomic mass is 28.4. The average molecular weight is 513 g/mol. The van der Waals surface area contributed by atoms with Crippen LogP contribution in [0.3, 0.4) is 0 Å². The van der Waals surface area contributed by atoms with Gasteiger partial charge in [0, 0.05) is 33.2 Å². The molecule has 2 aromatic rings. The van der Waals surface area contributed by atoms with E-state index in [0.29, 0.717) is 6.61 Å². The molecule has 6 heteroatoms. The molecule has 1 aliphatic rings. The van der Waals surface area contributed by atoms with Crippen molar-refractivity contribution < 1.29 is 18.3 Å². The Labute approximate surface area is 216 Å². The fraction of sp³-hybridized carbons (Fsp3) is 0.517. The van der Waals surface area contributed by atoms with E-state index in [9.17, 15) is 0 Å². The Morgan fingerprint density at radius 1 is 0.914 bits per heavy atom. The molecule has 2 atom stereocenters. The number of ether oxygens (including phenoxy) is 2. The first kappa shape index (κ1) is 27.9. The second-order valence-corrected chi connectivity index (χ2v) is 19.0. The van der Waals surface area contributed by atoms with E-state index < -0.39 is 23.9 Å². The summed E-state index contributed by atoms with van der Waals surface area (Å²) in [5.74, 6) is 0.212. The molecule has 0 N–H and O–H groups in total. The van der Waals surface area contributed by atoms with Gasteiger partial charge in [0.05, 0.1) is 11.7 Å². The molecule has 3 rings (SSSR count). The summed E-state index contributed by atoms with van der Waals surface area (Å²) in [7, 11) is 0.0148. The quantitative estimate of drug-likeness (QED) is 0.254. The number of rotatable bonds is 10. The van der Waals surface area contributed by atoms with Crippen LogP contribution in [0.2, 0.25) is 10.1 Å². The monoisotopic (exact) mass is 512 g/mol. The summed E-state index contributed by atoms with van der Waals surface area (Å²) >= 11 is 0. The number of methoxy groups -OCH3 is 2. The second-order valence-electron chi connectivity index (χ2n) is 12.0. The Morgan fingerprint density at radius 2 is 1.40 bits per heavy atom. The second kappa shape index (κ2) is 10.7. The van der Waals surface area contributed by atoms with Crippen LogP contribution in [0.4, 0.5) is 0 Å². The van der Waals surface area contributed by atoms with Crippen molar-refractivity contribution in [2.45, 2.75) is 63.8 Å². The fourth-order valence-corrected chi connectivity index (χ4v) is 10.8. The Balaban J connectivity index is 1.95. The van der Waals surface area contributed by atoms with Gasteiger partial charge in [0.1, 0.15) is 0 Å². The molecule has 0 spiro atoms. The van der Waals surface area contributed by atoms with Gasteiger partial charge < -0.3 is 18.3 Å². The predicted molar refractivity (Wildman–Crippen MR) is 150 cm³/mol. The molecule has 0 aliphatic heterocycles. The van der Waals surface area contributed by atoms with Gasteiger partial charge in [-0.3, -0.25) is 0 Å². The van der Waals surface area contributed by atoms with Gasteiger partial charge >= 0.3 is 0 Å². The summed E-state index contributed by atoms with van der Waals surface area (Å²) in [6.45, 7) is 18.5. The molecule has 1 fully saturated rings. The molecule has 0 aromatic heterocycles. The lowest BCUT2D eigenvalue weighted by atomic mass is 9.67. The van der Waals surface area contributed by atoms with E-state index in [4.69, 9.17) is 18.3 Å². The van der Waals surface area contributed by atoms with E-state index in [-0.39, 0.29) is 21.9 Å². The van der Waals surface area contributed by atoms with E-state index in [2.05, 4.69) is 109 Å². The van der Waals surface area contributed by atoms with Crippen molar-refractivity contribution in [3.05, 3.63) is 73.0 Å². The average Bonchev–Trinajstić information content (AvgIpc) is 2.80. The number of benzene rings is 2. The normalized spacial score (nSPS) is 20.6. The third kappa shape index (κ3) is 5.67. The molecule has 0 radical (unpaired) electrons. The first-order chi connectivity index (χ1) is 16.4. The molecule has 2 aromatic carbocycles. The summed E-state index contributed by atoms with van der Waals surface area (Å²) in [4.78, 5) is 0. The van der Waals surface area contributed by atoms with Crippen molar-refractivity contribution in [3.63, 3.8) is 0 Å². The minimum atomic E-state index is -2.62. The van der Waals surface area contributed by atoms with Gasteiger partial charge in [-0.25, -0.2) is 0 Å². The van der Waals surface area contributed by atoms with E-state index in [1.54, 1.807) is 14.2 Å². The van der Waals surface area contributed by atoms with Gasteiger partial charge in [-0.2, -0.15) is 0 Å². The van der Waals surface area contributed by atoms with Gasteiger partial charge in [-0.1, -0.05) is 109 Å². The summed E-state index contributed by atoms with van der Waals surface area (Å²) in [6, 6.07) is 21.5. The Kier molecular flexibility index (Phi) is 8.54. The number of hydrogen-bond donors (Lipinski definition) is 0. The zero-order valence-electron chi connectivity index (χ0n) is 22.9. The zero-order chi connectivity index (χ0) is 25.9. The number of hydrogen-bond acceptors (Lipinski definition) is 4. The molecular weight excluding hydrogens is 468 g/mol. The van der Waals surface area contributed by atoms with Crippen molar-refractivity contribution in [2.24, 2.45) is 11.8 Å². The maximum atomic E-state index is 7.22. The van der Waals surface area contributed by atoms with Gasteiger partial charge in [0.2, 0.25) is 9.76 Å². The molecule has 192 valence electrons. The molecule has 0 unspecified atom stereocenters. The Morgan fingerprint density at radius 3 is 1.80 bits per heavy atom. The highest BCUT2D eigenvalue weighted by Gasteiger charge is 2.59.